The molecular weight excluding hydrogens is 270 g/mol. The van der Waals surface area contributed by atoms with Crippen molar-refractivity contribution in [3.8, 4) is 0 Å². The summed E-state index contributed by atoms with van der Waals surface area (Å²) in [5, 5.41) is 16.1. The van der Waals surface area contributed by atoms with Crippen LogP contribution in [-0.4, -0.2) is 23.0 Å². The number of nitrogens with zero attached hydrogens (tertiary/aromatic N) is 2. The molecule has 20 heavy (non-hydrogen) atoms. The van der Waals surface area contributed by atoms with Gasteiger partial charge in [-0.3, -0.25) is 4.90 Å². The number of hydrogen-bond acceptors (Lipinski definition) is 4. The number of oxime groups is 1. The van der Waals surface area contributed by atoms with Crippen LogP contribution in [0.4, 0.5) is 0 Å². The smallest absolute Gasteiger partial charge is 0.141 e. The minimum Gasteiger partial charge on any atom is -0.409 e. The van der Waals surface area contributed by atoms with Crippen molar-refractivity contribution < 1.29 is 5.21 Å². The topological polar surface area (TPSA) is 61.8 Å². The summed E-state index contributed by atoms with van der Waals surface area (Å²) in [6.45, 7) is 0.835. The molecule has 5 heteroatoms. The third-order valence-corrected chi connectivity index (χ3v) is 3.99. The van der Waals surface area contributed by atoms with Crippen molar-refractivity contribution in [1.82, 2.24) is 4.90 Å². The van der Waals surface area contributed by atoms with Gasteiger partial charge in [0.1, 0.15) is 5.84 Å². The number of rotatable bonds is 6. The molecule has 0 saturated heterocycles. The van der Waals surface area contributed by atoms with Crippen LogP contribution < -0.4 is 5.73 Å². The lowest BCUT2D eigenvalue weighted by Crippen LogP contribution is -2.28. The van der Waals surface area contributed by atoms with Crippen molar-refractivity contribution >= 4 is 17.2 Å². The normalized spacial score (nSPS) is 13.6. The molecule has 0 bridgehead atoms. The lowest BCUT2D eigenvalue weighted by Gasteiger charge is -2.28. The predicted octanol–water partition coefficient (Wildman–Crippen LogP) is 3.06. The van der Waals surface area contributed by atoms with E-state index in [0.717, 1.165) is 12.1 Å². The highest BCUT2D eigenvalue weighted by Crippen LogP contribution is 2.25. The van der Waals surface area contributed by atoms with E-state index < -0.39 is 0 Å². The molecule has 2 aromatic rings. The van der Waals surface area contributed by atoms with Crippen molar-refractivity contribution in [1.29, 1.82) is 0 Å². The van der Waals surface area contributed by atoms with E-state index in [1.807, 2.05) is 18.2 Å². The fraction of sp³-hybridized carbons (Fsp3) is 0.267. The number of thiophene rings is 1. The molecule has 2 rings (SSSR count). The highest BCUT2D eigenvalue weighted by Gasteiger charge is 2.19. The maximum atomic E-state index is 8.82. The second-order valence-electron chi connectivity index (χ2n) is 4.77. The van der Waals surface area contributed by atoms with Gasteiger partial charge >= 0.3 is 0 Å². The molecule has 0 radical (unpaired) electrons. The van der Waals surface area contributed by atoms with E-state index in [9.17, 15) is 0 Å². The van der Waals surface area contributed by atoms with Crippen LogP contribution in [0.1, 0.15) is 23.6 Å². The second kappa shape index (κ2) is 7.07. The summed E-state index contributed by atoms with van der Waals surface area (Å²) in [4.78, 5) is 2.22. The fourth-order valence-electron chi connectivity index (χ4n) is 2.22. The molecule has 1 unspecified atom stereocenters. The zero-order chi connectivity index (χ0) is 14.4. The van der Waals surface area contributed by atoms with E-state index >= 15 is 0 Å². The quantitative estimate of drug-likeness (QED) is 0.372. The molecule has 1 aromatic heterocycles. The van der Waals surface area contributed by atoms with Crippen LogP contribution >= 0.6 is 11.3 Å². The SMILES string of the molecule is CN(Cc1ccsc1)C(CC(N)=NO)c1ccccc1. The van der Waals surface area contributed by atoms with Gasteiger partial charge in [0.25, 0.3) is 0 Å². The Bertz CT molecular complexity index is 540. The van der Waals surface area contributed by atoms with Crippen LogP contribution in [0.3, 0.4) is 0 Å². The molecule has 0 fully saturated rings. The summed E-state index contributed by atoms with van der Waals surface area (Å²) in [6, 6.07) is 12.3. The highest BCUT2D eigenvalue weighted by atomic mass is 32.1. The first-order chi connectivity index (χ1) is 9.70. The third-order valence-electron chi connectivity index (χ3n) is 3.26. The summed E-state index contributed by atoms with van der Waals surface area (Å²) in [5.41, 5.74) is 8.14. The Labute approximate surface area is 123 Å². The van der Waals surface area contributed by atoms with Crippen molar-refractivity contribution in [3.63, 3.8) is 0 Å². The van der Waals surface area contributed by atoms with Gasteiger partial charge in [-0.1, -0.05) is 35.5 Å². The first-order valence-electron chi connectivity index (χ1n) is 6.43. The Morgan fingerprint density at radius 1 is 1.35 bits per heavy atom. The average molecular weight is 289 g/mol. The number of amidine groups is 1. The van der Waals surface area contributed by atoms with E-state index in [4.69, 9.17) is 10.9 Å². The molecule has 0 spiro atoms. The first kappa shape index (κ1) is 14.6. The van der Waals surface area contributed by atoms with Crippen LogP contribution in [0.25, 0.3) is 0 Å². The lowest BCUT2D eigenvalue weighted by molar-refractivity contribution is 0.238. The Balaban J connectivity index is 2.17. The van der Waals surface area contributed by atoms with E-state index in [2.05, 4.69) is 46.1 Å². The van der Waals surface area contributed by atoms with Gasteiger partial charge < -0.3 is 10.9 Å². The zero-order valence-electron chi connectivity index (χ0n) is 11.4. The second-order valence-corrected chi connectivity index (χ2v) is 5.55. The molecule has 3 N–H and O–H groups in total. The van der Waals surface area contributed by atoms with E-state index in [1.54, 1.807) is 11.3 Å². The van der Waals surface area contributed by atoms with Crippen LogP contribution in [0, 0.1) is 0 Å². The van der Waals surface area contributed by atoms with Crippen LogP contribution in [0.2, 0.25) is 0 Å². The predicted molar refractivity (Wildman–Crippen MR) is 83.0 cm³/mol. The summed E-state index contributed by atoms with van der Waals surface area (Å²) in [7, 11) is 2.06. The highest BCUT2D eigenvalue weighted by molar-refractivity contribution is 7.07. The standard InChI is InChI=1S/C15H19N3OS/c1-18(10-12-7-8-20-11-12)14(9-15(16)17-19)13-5-3-2-4-6-13/h2-8,11,14,19H,9-10H2,1H3,(H2,16,17). The Morgan fingerprint density at radius 3 is 2.70 bits per heavy atom. The van der Waals surface area contributed by atoms with Crippen molar-refractivity contribution in [3.05, 3.63) is 58.3 Å². The van der Waals surface area contributed by atoms with Crippen LogP contribution in [-0.2, 0) is 6.54 Å². The zero-order valence-corrected chi connectivity index (χ0v) is 12.3. The van der Waals surface area contributed by atoms with Gasteiger partial charge in [0.05, 0.1) is 0 Å². The molecule has 1 aromatic carbocycles. The maximum Gasteiger partial charge on any atom is 0.141 e. The van der Waals surface area contributed by atoms with E-state index in [1.165, 1.54) is 5.56 Å². The van der Waals surface area contributed by atoms with Gasteiger partial charge in [-0.2, -0.15) is 11.3 Å². The maximum absolute atomic E-state index is 8.82. The lowest BCUT2D eigenvalue weighted by atomic mass is 10.0. The van der Waals surface area contributed by atoms with Gasteiger partial charge in [0.15, 0.2) is 0 Å². The van der Waals surface area contributed by atoms with Gasteiger partial charge in [-0.15, -0.1) is 0 Å². The minimum atomic E-state index is 0.0898. The van der Waals surface area contributed by atoms with E-state index in [-0.39, 0.29) is 11.9 Å². The number of hydrogen-bond donors (Lipinski definition) is 2. The van der Waals surface area contributed by atoms with Crippen molar-refractivity contribution in [2.24, 2.45) is 10.9 Å². The molecule has 1 heterocycles. The van der Waals surface area contributed by atoms with Crippen LogP contribution in [0.5, 0.6) is 0 Å². The fourth-order valence-corrected chi connectivity index (χ4v) is 2.88. The summed E-state index contributed by atoms with van der Waals surface area (Å²) >= 11 is 1.69. The number of benzene rings is 1. The van der Waals surface area contributed by atoms with Crippen LogP contribution in [0.15, 0.2) is 52.3 Å². The molecule has 1 atom stereocenters. The largest absolute Gasteiger partial charge is 0.409 e. The van der Waals surface area contributed by atoms with Gasteiger partial charge in [0.2, 0.25) is 0 Å². The van der Waals surface area contributed by atoms with E-state index in [0.29, 0.717) is 6.42 Å². The summed E-state index contributed by atoms with van der Waals surface area (Å²) in [5.74, 6) is 0.246. The minimum absolute atomic E-state index is 0.0898. The van der Waals surface area contributed by atoms with Crippen molar-refractivity contribution in [2.75, 3.05) is 7.05 Å². The number of nitrogens with two attached hydrogens (primary N) is 1. The Morgan fingerprint density at radius 2 is 2.10 bits per heavy atom. The average Bonchev–Trinajstić information content (AvgIpc) is 2.98. The molecule has 4 nitrogen and oxygen atoms in total. The summed E-state index contributed by atoms with van der Waals surface area (Å²) < 4.78 is 0. The molecule has 106 valence electrons. The van der Waals surface area contributed by atoms with Gasteiger partial charge in [-0.25, -0.2) is 0 Å². The molecule has 0 aliphatic carbocycles. The Kier molecular flexibility index (Phi) is 5.15. The Hall–Kier alpha value is -1.85. The van der Waals surface area contributed by atoms with Gasteiger partial charge in [-0.05, 0) is 35.0 Å². The monoisotopic (exact) mass is 289 g/mol. The van der Waals surface area contributed by atoms with Gasteiger partial charge in [0, 0.05) is 19.0 Å². The molecule has 0 aliphatic rings. The molecule has 0 saturated carbocycles. The molecule has 0 aliphatic heterocycles. The molecule has 0 amide bonds. The summed E-state index contributed by atoms with van der Waals surface area (Å²) in [6.07, 6.45) is 0.501. The van der Waals surface area contributed by atoms with Crippen molar-refractivity contribution in [2.45, 2.75) is 19.0 Å². The molecular formula is C15H19N3OS. The third kappa shape index (κ3) is 3.82. The first-order valence-corrected chi connectivity index (χ1v) is 7.37.